The van der Waals surface area contributed by atoms with E-state index in [1.54, 1.807) is 13.0 Å². The van der Waals surface area contributed by atoms with E-state index in [1.807, 2.05) is 32.0 Å². The van der Waals surface area contributed by atoms with Crippen LogP contribution in [0.1, 0.15) is 55.5 Å². The van der Waals surface area contributed by atoms with Gasteiger partial charge < -0.3 is 4.90 Å². The highest BCUT2D eigenvalue weighted by Gasteiger charge is 2.34. The van der Waals surface area contributed by atoms with Gasteiger partial charge in [-0.3, -0.25) is 9.47 Å². The van der Waals surface area contributed by atoms with Crippen molar-refractivity contribution in [1.29, 1.82) is 5.26 Å². The monoisotopic (exact) mass is 479 g/mol. The Morgan fingerprint density at radius 1 is 1.12 bits per heavy atom. The van der Waals surface area contributed by atoms with E-state index >= 15 is 0 Å². The quantitative estimate of drug-likeness (QED) is 0.539. The third-order valence-electron chi connectivity index (χ3n) is 6.99. The molecule has 4 heterocycles. The Labute approximate surface area is 203 Å². The lowest BCUT2D eigenvalue weighted by Gasteiger charge is -2.32. The van der Waals surface area contributed by atoms with Gasteiger partial charge in [-0.15, -0.1) is 10.2 Å². The number of halogens is 2. The van der Waals surface area contributed by atoms with Crippen LogP contribution in [0, 0.1) is 24.1 Å². The normalized spacial score (nSPS) is 17.1. The number of nitrogens with zero attached hydrogens (tertiary/aromatic N) is 7. The highest BCUT2D eigenvalue weighted by Crippen LogP contribution is 2.35. The summed E-state index contributed by atoms with van der Waals surface area (Å²) in [4.78, 5) is 8.74. The highest BCUT2D eigenvalue weighted by molar-refractivity contribution is 6.30. The predicted octanol–water partition coefficient (Wildman–Crippen LogP) is 4.77. The summed E-state index contributed by atoms with van der Waals surface area (Å²) >= 11 is 6.35. The minimum absolute atomic E-state index is 0.234. The maximum absolute atomic E-state index is 13.6. The van der Waals surface area contributed by atoms with Crippen molar-refractivity contribution in [2.24, 2.45) is 0 Å². The van der Waals surface area contributed by atoms with Gasteiger partial charge in [0, 0.05) is 30.6 Å². The first kappa shape index (κ1) is 22.8. The molecule has 0 amide bonds. The Hall–Kier alpha value is -3.02. The average molecular weight is 480 g/mol. The zero-order chi connectivity index (χ0) is 24.0. The maximum Gasteiger partial charge on any atom is 0.151 e. The Morgan fingerprint density at radius 3 is 2.59 bits per heavy atom. The molecule has 2 aliphatic heterocycles. The van der Waals surface area contributed by atoms with Crippen LogP contribution in [-0.2, 0) is 13.1 Å². The molecule has 0 bridgehead atoms. The van der Waals surface area contributed by atoms with Gasteiger partial charge in [0.1, 0.15) is 23.0 Å². The number of rotatable bonds is 3. The summed E-state index contributed by atoms with van der Waals surface area (Å²) < 4.78 is 15.8. The molecule has 7 nitrogen and oxygen atoms in total. The summed E-state index contributed by atoms with van der Waals surface area (Å²) in [6.45, 7) is 8.29. The first-order valence-electron chi connectivity index (χ1n) is 11.5. The lowest BCUT2D eigenvalue weighted by molar-refractivity contribution is 0.147. The van der Waals surface area contributed by atoms with Crippen molar-refractivity contribution < 1.29 is 4.39 Å². The van der Waals surface area contributed by atoms with E-state index in [2.05, 4.69) is 35.6 Å². The van der Waals surface area contributed by atoms with E-state index in [4.69, 9.17) is 11.6 Å². The van der Waals surface area contributed by atoms with Crippen molar-refractivity contribution in [3.8, 4) is 11.8 Å². The minimum Gasteiger partial charge on any atom is -0.357 e. The molecule has 0 radical (unpaired) electrons. The van der Waals surface area contributed by atoms with Gasteiger partial charge in [0.05, 0.1) is 24.0 Å². The van der Waals surface area contributed by atoms with E-state index in [1.165, 1.54) is 6.07 Å². The van der Waals surface area contributed by atoms with E-state index in [0.29, 0.717) is 23.8 Å². The second kappa shape index (κ2) is 8.64. The minimum atomic E-state index is -0.660. The molecule has 9 heteroatoms. The van der Waals surface area contributed by atoms with Crippen LogP contribution in [0.5, 0.6) is 0 Å². The van der Waals surface area contributed by atoms with E-state index in [0.717, 1.165) is 54.6 Å². The molecule has 1 fully saturated rings. The van der Waals surface area contributed by atoms with Crippen LogP contribution in [0.15, 0.2) is 30.3 Å². The number of anilines is 1. The highest BCUT2D eigenvalue weighted by atomic mass is 35.5. The SMILES string of the molecule is Cc1nc(N2CCC(c3nnc4n3-c3ccc(Cl)cc3CN(C(C)(C)C#N)C4)CC2)ccc1F. The zero-order valence-electron chi connectivity index (χ0n) is 19.6. The Kier molecular flexibility index (Phi) is 5.78. The molecule has 5 rings (SSSR count). The van der Waals surface area contributed by atoms with Gasteiger partial charge in [0.2, 0.25) is 0 Å². The molecular weight excluding hydrogens is 453 g/mol. The molecule has 0 spiro atoms. The molecule has 176 valence electrons. The van der Waals surface area contributed by atoms with E-state index in [9.17, 15) is 9.65 Å². The van der Waals surface area contributed by atoms with E-state index in [-0.39, 0.29) is 11.7 Å². The summed E-state index contributed by atoms with van der Waals surface area (Å²) in [5.41, 5.74) is 1.84. The molecule has 0 aliphatic carbocycles. The number of hydrogen-bond donors (Lipinski definition) is 0. The summed E-state index contributed by atoms with van der Waals surface area (Å²) in [5, 5.41) is 19.6. The van der Waals surface area contributed by atoms with Crippen molar-refractivity contribution in [2.45, 2.75) is 58.2 Å². The van der Waals surface area contributed by atoms with Crippen molar-refractivity contribution in [2.75, 3.05) is 18.0 Å². The lowest BCUT2D eigenvalue weighted by atomic mass is 9.95. The van der Waals surface area contributed by atoms with Crippen LogP contribution in [-0.4, -0.2) is 43.3 Å². The number of aryl methyl sites for hydroxylation is 1. The number of benzene rings is 1. The second-order valence-corrected chi connectivity index (χ2v) is 10.0. The van der Waals surface area contributed by atoms with Crippen LogP contribution < -0.4 is 4.90 Å². The third-order valence-corrected chi connectivity index (χ3v) is 7.22. The Balaban J connectivity index is 1.46. The molecule has 0 atom stereocenters. The van der Waals surface area contributed by atoms with Gasteiger partial charge in [0.25, 0.3) is 0 Å². The molecule has 0 N–H and O–H groups in total. The first-order chi connectivity index (χ1) is 16.3. The maximum atomic E-state index is 13.6. The van der Waals surface area contributed by atoms with Gasteiger partial charge >= 0.3 is 0 Å². The molecule has 34 heavy (non-hydrogen) atoms. The van der Waals surface area contributed by atoms with Crippen molar-refractivity contribution in [3.05, 3.63) is 64.1 Å². The van der Waals surface area contributed by atoms with E-state index < -0.39 is 5.54 Å². The van der Waals surface area contributed by atoms with Gasteiger partial charge in [-0.05, 0) is 69.5 Å². The standard InChI is InChI=1S/C25H27ClFN7/c1-16-20(27)5-7-22(29-16)32-10-8-17(9-11-32)24-31-30-23-14-33(25(2,3)15-28)13-18-12-19(26)4-6-21(18)34(23)24/h4-7,12,17H,8-11,13-14H2,1-3H3. The van der Waals surface area contributed by atoms with Crippen molar-refractivity contribution >= 4 is 17.4 Å². The van der Waals surface area contributed by atoms with Gasteiger partial charge in [-0.2, -0.15) is 5.26 Å². The lowest BCUT2D eigenvalue weighted by Crippen LogP contribution is -2.41. The fourth-order valence-corrected chi connectivity index (χ4v) is 5.03. The van der Waals surface area contributed by atoms with Gasteiger partial charge in [0.15, 0.2) is 5.82 Å². The predicted molar refractivity (Wildman–Crippen MR) is 128 cm³/mol. The van der Waals surface area contributed by atoms with Crippen LogP contribution >= 0.6 is 11.6 Å². The summed E-state index contributed by atoms with van der Waals surface area (Å²) in [6.07, 6.45) is 1.79. The van der Waals surface area contributed by atoms with Crippen LogP contribution in [0.25, 0.3) is 5.69 Å². The summed E-state index contributed by atoms with van der Waals surface area (Å²) in [6, 6.07) is 11.5. The molecule has 0 saturated carbocycles. The number of fused-ring (bicyclic) bond motifs is 3. The number of nitriles is 1. The molecule has 1 saturated heterocycles. The molecule has 2 aromatic heterocycles. The molecular formula is C25H27ClFN7. The fraction of sp³-hybridized carbons (Fsp3) is 0.440. The van der Waals surface area contributed by atoms with Crippen molar-refractivity contribution in [1.82, 2.24) is 24.6 Å². The zero-order valence-corrected chi connectivity index (χ0v) is 20.3. The molecule has 1 aromatic carbocycles. The largest absolute Gasteiger partial charge is 0.357 e. The van der Waals surface area contributed by atoms with Crippen molar-refractivity contribution in [3.63, 3.8) is 0 Å². The summed E-state index contributed by atoms with van der Waals surface area (Å²) in [5.74, 6) is 2.54. The molecule has 3 aromatic rings. The number of pyridine rings is 1. The number of aromatic nitrogens is 4. The van der Waals surface area contributed by atoms with Gasteiger partial charge in [-0.25, -0.2) is 9.37 Å². The topological polar surface area (TPSA) is 73.9 Å². The Morgan fingerprint density at radius 2 is 1.88 bits per heavy atom. The summed E-state index contributed by atoms with van der Waals surface area (Å²) in [7, 11) is 0. The number of piperidine rings is 1. The first-order valence-corrected chi connectivity index (χ1v) is 11.9. The van der Waals surface area contributed by atoms with Gasteiger partial charge in [-0.1, -0.05) is 11.6 Å². The average Bonchev–Trinajstić information content (AvgIpc) is 3.16. The fourth-order valence-electron chi connectivity index (χ4n) is 4.83. The second-order valence-electron chi connectivity index (χ2n) is 9.61. The van der Waals surface area contributed by atoms with Crippen LogP contribution in [0.3, 0.4) is 0 Å². The third kappa shape index (κ3) is 4.04. The molecule has 2 aliphatic rings. The Bertz CT molecular complexity index is 1270. The smallest absolute Gasteiger partial charge is 0.151 e. The van der Waals surface area contributed by atoms with Crippen LogP contribution in [0.2, 0.25) is 5.02 Å². The molecule has 0 unspecified atom stereocenters. The number of hydrogen-bond acceptors (Lipinski definition) is 6. The van der Waals surface area contributed by atoms with Crippen LogP contribution in [0.4, 0.5) is 10.2 Å².